The van der Waals surface area contributed by atoms with E-state index in [-0.39, 0.29) is 5.92 Å². The summed E-state index contributed by atoms with van der Waals surface area (Å²) in [5.74, 6) is -0.238. The summed E-state index contributed by atoms with van der Waals surface area (Å²) in [5.41, 5.74) is 0.817. The van der Waals surface area contributed by atoms with E-state index in [1.165, 1.54) is 37.0 Å². The number of carboxylic acid groups (broad SMARTS) is 1. The second-order valence-corrected chi connectivity index (χ2v) is 7.06. The maximum absolute atomic E-state index is 11.3. The van der Waals surface area contributed by atoms with Gasteiger partial charge < -0.3 is 10.4 Å². The predicted octanol–water partition coefficient (Wildman–Crippen LogP) is 3.64. The molecule has 1 aromatic rings. The Hall–Kier alpha value is -1.10. The summed E-state index contributed by atoms with van der Waals surface area (Å²) in [6, 6.07) is 0. The minimum atomic E-state index is -0.728. The number of carbonyl (C=O) groups is 1. The standard InChI is InChI=1S/C15H22N2O2S/c18-14(19)11-6-3-7-12-13(11)17-15(20-12)16-9-8-10-4-1-2-5-10/h10-11H,1-9H2,(H,16,17)(H,18,19). The molecule has 0 bridgehead atoms. The van der Waals surface area contributed by atoms with Gasteiger partial charge in [-0.05, 0) is 31.6 Å². The van der Waals surface area contributed by atoms with Gasteiger partial charge in [-0.15, -0.1) is 11.3 Å². The lowest BCUT2D eigenvalue weighted by Gasteiger charge is -2.16. The lowest BCUT2D eigenvalue weighted by Crippen LogP contribution is -2.17. The van der Waals surface area contributed by atoms with Gasteiger partial charge in [0.1, 0.15) is 5.92 Å². The highest BCUT2D eigenvalue weighted by Crippen LogP contribution is 2.37. The first-order valence-corrected chi connectivity index (χ1v) is 8.52. The molecule has 1 heterocycles. The van der Waals surface area contributed by atoms with Crippen molar-refractivity contribution in [1.82, 2.24) is 4.98 Å². The van der Waals surface area contributed by atoms with Gasteiger partial charge in [-0.3, -0.25) is 4.79 Å². The zero-order valence-electron chi connectivity index (χ0n) is 11.7. The molecule has 4 nitrogen and oxygen atoms in total. The summed E-state index contributed by atoms with van der Waals surface area (Å²) in [4.78, 5) is 17.0. The molecule has 5 heteroatoms. The van der Waals surface area contributed by atoms with Crippen LogP contribution >= 0.6 is 11.3 Å². The molecule has 2 aliphatic carbocycles. The summed E-state index contributed by atoms with van der Waals surface area (Å²) in [6.07, 6.45) is 9.41. The molecule has 1 unspecified atom stereocenters. The number of aryl methyl sites for hydroxylation is 1. The van der Waals surface area contributed by atoms with Crippen LogP contribution in [0.15, 0.2) is 0 Å². The van der Waals surface area contributed by atoms with Crippen molar-refractivity contribution in [3.8, 4) is 0 Å². The van der Waals surface area contributed by atoms with Crippen LogP contribution in [0, 0.1) is 5.92 Å². The second kappa shape index (κ2) is 6.12. The van der Waals surface area contributed by atoms with E-state index in [1.54, 1.807) is 11.3 Å². The van der Waals surface area contributed by atoms with Gasteiger partial charge in [-0.25, -0.2) is 4.98 Å². The van der Waals surface area contributed by atoms with Crippen LogP contribution in [-0.2, 0) is 11.2 Å². The molecule has 1 aromatic heterocycles. The van der Waals surface area contributed by atoms with Crippen LogP contribution in [0.3, 0.4) is 0 Å². The molecule has 1 atom stereocenters. The summed E-state index contributed by atoms with van der Waals surface area (Å²) < 4.78 is 0. The number of aliphatic carboxylic acids is 1. The fourth-order valence-electron chi connectivity index (χ4n) is 3.42. The van der Waals surface area contributed by atoms with E-state index in [1.807, 2.05) is 0 Å². The lowest BCUT2D eigenvalue weighted by atomic mass is 9.91. The molecule has 1 saturated carbocycles. The van der Waals surface area contributed by atoms with Crippen LogP contribution in [0.1, 0.15) is 61.4 Å². The smallest absolute Gasteiger partial charge is 0.312 e. The Morgan fingerprint density at radius 3 is 2.85 bits per heavy atom. The minimum Gasteiger partial charge on any atom is -0.481 e. The van der Waals surface area contributed by atoms with Crippen LogP contribution in [-0.4, -0.2) is 22.6 Å². The SMILES string of the molecule is O=C(O)C1CCCc2sc(NCCC3CCCC3)nc21. The number of anilines is 1. The number of hydrogen-bond donors (Lipinski definition) is 2. The average Bonchev–Trinajstić information content (AvgIpc) is 3.06. The van der Waals surface area contributed by atoms with Crippen molar-refractivity contribution >= 4 is 22.4 Å². The maximum Gasteiger partial charge on any atom is 0.312 e. The van der Waals surface area contributed by atoms with Gasteiger partial charge in [-0.1, -0.05) is 25.7 Å². The molecule has 1 fully saturated rings. The Balaban J connectivity index is 1.59. The summed E-state index contributed by atoms with van der Waals surface area (Å²) in [6.45, 7) is 0.967. The highest BCUT2D eigenvalue weighted by molar-refractivity contribution is 7.15. The molecule has 20 heavy (non-hydrogen) atoms. The molecule has 110 valence electrons. The Morgan fingerprint density at radius 2 is 2.10 bits per heavy atom. The van der Waals surface area contributed by atoms with E-state index < -0.39 is 5.97 Å². The molecular weight excluding hydrogens is 272 g/mol. The Morgan fingerprint density at radius 1 is 1.30 bits per heavy atom. The van der Waals surface area contributed by atoms with Crippen LogP contribution in [0.2, 0.25) is 0 Å². The van der Waals surface area contributed by atoms with E-state index in [0.717, 1.165) is 42.6 Å². The molecule has 3 rings (SSSR count). The van der Waals surface area contributed by atoms with Crippen molar-refractivity contribution in [3.63, 3.8) is 0 Å². The number of thiazole rings is 1. The van der Waals surface area contributed by atoms with Gasteiger partial charge >= 0.3 is 5.97 Å². The summed E-state index contributed by atoms with van der Waals surface area (Å²) in [7, 11) is 0. The summed E-state index contributed by atoms with van der Waals surface area (Å²) in [5, 5.41) is 13.6. The van der Waals surface area contributed by atoms with Crippen LogP contribution in [0.4, 0.5) is 5.13 Å². The maximum atomic E-state index is 11.3. The first-order valence-electron chi connectivity index (χ1n) is 7.70. The second-order valence-electron chi connectivity index (χ2n) is 5.98. The van der Waals surface area contributed by atoms with Crippen LogP contribution in [0.25, 0.3) is 0 Å². The minimum absolute atomic E-state index is 0.389. The first-order chi connectivity index (χ1) is 9.74. The number of carboxylic acids is 1. The molecule has 0 radical (unpaired) electrons. The normalized spacial score (nSPS) is 22.7. The molecule has 2 N–H and O–H groups in total. The van der Waals surface area contributed by atoms with Crippen LogP contribution in [0.5, 0.6) is 0 Å². The first kappa shape index (κ1) is 13.9. The Labute approximate surface area is 123 Å². The summed E-state index contributed by atoms with van der Waals surface area (Å²) >= 11 is 1.65. The Kier molecular flexibility index (Phi) is 4.24. The van der Waals surface area contributed by atoms with Crippen molar-refractivity contribution in [1.29, 1.82) is 0 Å². The Bertz CT molecular complexity index is 480. The van der Waals surface area contributed by atoms with Gasteiger partial charge in [0, 0.05) is 11.4 Å². The molecular formula is C15H22N2O2S. The van der Waals surface area contributed by atoms with Gasteiger partial charge in [-0.2, -0.15) is 0 Å². The van der Waals surface area contributed by atoms with Crippen molar-refractivity contribution < 1.29 is 9.90 Å². The monoisotopic (exact) mass is 294 g/mol. The highest BCUT2D eigenvalue weighted by atomic mass is 32.1. The quantitative estimate of drug-likeness (QED) is 0.870. The van der Waals surface area contributed by atoms with Crippen molar-refractivity contribution in [2.24, 2.45) is 5.92 Å². The molecule has 0 aliphatic heterocycles. The number of fused-ring (bicyclic) bond motifs is 1. The topological polar surface area (TPSA) is 62.2 Å². The zero-order valence-corrected chi connectivity index (χ0v) is 12.5. The highest BCUT2D eigenvalue weighted by Gasteiger charge is 2.29. The van der Waals surface area contributed by atoms with E-state index in [9.17, 15) is 9.90 Å². The van der Waals surface area contributed by atoms with E-state index in [4.69, 9.17) is 0 Å². The lowest BCUT2D eigenvalue weighted by molar-refractivity contribution is -0.139. The number of nitrogens with one attached hydrogen (secondary N) is 1. The number of aromatic nitrogens is 1. The fraction of sp³-hybridized carbons (Fsp3) is 0.733. The van der Waals surface area contributed by atoms with Gasteiger partial charge in [0.25, 0.3) is 0 Å². The van der Waals surface area contributed by atoms with Crippen molar-refractivity contribution in [2.45, 2.75) is 57.3 Å². The van der Waals surface area contributed by atoms with Crippen LogP contribution < -0.4 is 5.32 Å². The zero-order chi connectivity index (χ0) is 13.9. The van der Waals surface area contributed by atoms with Crippen molar-refractivity contribution in [3.05, 3.63) is 10.6 Å². The van der Waals surface area contributed by atoms with E-state index in [2.05, 4.69) is 10.3 Å². The van der Waals surface area contributed by atoms with Gasteiger partial charge in [0.05, 0.1) is 5.69 Å². The van der Waals surface area contributed by atoms with Crippen molar-refractivity contribution in [2.75, 3.05) is 11.9 Å². The largest absolute Gasteiger partial charge is 0.481 e. The third-order valence-corrected chi connectivity index (χ3v) is 5.64. The molecule has 2 aliphatic rings. The molecule has 0 spiro atoms. The predicted molar refractivity (Wildman–Crippen MR) is 80.5 cm³/mol. The molecule has 0 aromatic carbocycles. The third-order valence-electron chi connectivity index (χ3n) is 4.56. The molecule has 0 amide bonds. The third kappa shape index (κ3) is 2.97. The average molecular weight is 294 g/mol. The van der Waals surface area contributed by atoms with E-state index >= 15 is 0 Å². The molecule has 0 saturated heterocycles. The fourth-order valence-corrected chi connectivity index (χ4v) is 4.51. The van der Waals surface area contributed by atoms with Gasteiger partial charge in [0.2, 0.25) is 0 Å². The van der Waals surface area contributed by atoms with Gasteiger partial charge in [0.15, 0.2) is 5.13 Å². The number of rotatable bonds is 5. The number of hydrogen-bond acceptors (Lipinski definition) is 4. The number of nitrogens with zero attached hydrogens (tertiary/aromatic N) is 1. The van der Waals surface area contributed by atoms with E-state index in [0.29, 0.717) is 0 Å².